The Morgan fingerprint density at radius 2 is 2.07 bits per heavy atom. The Morgan fingerprint density at radius 3 is 2.29 bits per heavy atom. The van der Waals surface area contributed by atoms with Gasteiger partial charge in [-0.2, -0.15) is 0 Å². The monoisotopic (exact) mass is 203 g/mol. The summed E-state index contributed by atoms with van der Waals surface area (Å²) >= 11 is 0. The first-order chi connectivity index (χ1) is 6.45. The number of carboxylic acids is 1. The second-order valence-corrected chi connectivity index (χ2v) is 2.45. The number of hydrogen-bond donors (Lipinski definition) is 2. The van der Waals surface area contributed by atoms with Gasteiger partial charge in [-0.1, -0.05) is 19.6 Å². The summed E-state index contributed by atoms with van der Waals surface area (Å²) in [7, 11) is 0. The highest BCUT2D eigenvalue weighted by Gasteiger charge is 2.05. The molecule has 0 aliphatic rings. The minimum atomic E-state index is -0.745. The van der Waals surface area contributed by atoms with Crippen LogP contribution in [0.15, 0.2) is 12.7 Å². The average Bonchev–Trinajstić information content (AvgIpc) is 2.14. The summed E-state index contributed by atoms with van der Waals surface area (Å²) in [4.78, 5) is 19.9. The predicted molar refractivity (Wildman–Crippen MR) is 52.7 cm³/mol. The van der Waals surface area contributed by atoms with E-state index in [0.717, 1.165) is 0 Å². The fourth-order valence-electron chi connectivity index (χ4n) is 0.273. The molecule has 1 atom stereocenters. The van der Waals surface area contributed by atoms with Crippen LogP contribution in [0.3, 0.4) is 0 Å². The third-order valence-corrected chi connectivity index (χ3v) is 1.02. The van der Waals surface area contributed by atoms with Gasteiger partial charge in [-0.05, 0) is 6.92 Å². The van der Waals surface area contributed by atoms with E-state index in [9.17, 15) is 9.59 Å². The van der Waals surface area contributed by atoms with Crippen molar-refractivity contribution in [2.75, 3.05) is 6.61 Å². The van der Waals surface area contributed by atoms with Gasteiger partial charge in [0.1, 0.15) is 12.6 Å². The van der Waals surface area contributed by atoms with Crippen LogP contribution in [0.4, 0.5) is 0 Å². The number of nitrogens with two attached hydrogens (primary N) is 1. The summed E-state index contributed by atoms with van der Waals surface area (Å²) < 4.78 is 4.57. The van der Waals surface area contributed by atoms with Crippen molar-refractivity contribution in [3.05, 3.63) is 12.7 Å². The molecule has 0 radical (unpaired) electrons. The van der Waals surface area contributed by atoms with Crippen LogP contribution in [0.1, 0.15) is 20.3 Å². The lowest BCUT2D eigenvalue weighted by Gasteiger charge is -2.02. The first-order valence-electron chi connectivity index (χ1n) is 4.20. The van der Waals surface area contributed by atoms with Crippen LogP contribution < -0.4 is 5.73 Å². The third kappa shape index (κ3) is 13.2. The van der Waals surface area contributed by atoms with Crippen LogP contribution in [0.2, 0.25) is 0 Å². The Bertz CT molecular complexity index is 189. The Kier molecular flexibility index (Phi) is 10.5. The van der Waals surface area contributed by atoms with Gasteiger partial charge in [0.05, 0.1) is 0 Å². The molecule has 0 bridgehead atoms. The SMILES string of the molecule is C=CCOC(=O)C(C)N.CCC(=O)O. The van der Waals surface area contributed by atoms with Crippen LogP contribution >= 0.6 is 0 Å². The molecule has 0 aromatic carbocycles. The number of carbonyl (C=O) groups excluding carboxylic acids is 1. The second-order valence-electron chi connectivity index (χ2n) is 2.45. The fourth-order valence-corrected chi connectivity index (χ4v) is 0.273. The second kappa shape index (κ2) is 9.73. The molecule has 0 aromatic rings. The maximum atomic E-state index is 10.5. The van der Waals surface area contributed by atoms with E-state index in [1.807, 2.05) is 0 Å². The van der Waals surface area contributed by atoms with E-state index in [4.69, 9.17) is 10.8 Å². The highest BCUT2D eigenvalue weighted by Crippen LogP contribution is 1.82. The maximum Gasteiger partial charge on any atom is 0.322 e. The fraction of sp³-hybridized carbons (Fsp3) is 0.556. The molecule has 0 spiro atoms. The molecule has 3 N–H and O–H groups in total. The van der Waals surface area contributed by atoms with Crippen LogP contribution in [0.25, 0.3) is 0 Å². The quantitative estimate of drug-likeness (QED) is 0.514. The number of carboxylic acid groups (broad SMARTS) is 1. The molecule has 1 unspecified atom stereocenters. The molecular weight excluding hydrogens is 186 g/mol. The molecule has 0 amide bonds. The third-order valence-electron chi connectivity index (χ3n) is 1.02. The van der Waals surface area contributed by atoms with E-state index >= 15 is 0 Å². The highest BCUT2D eigenvalue weighted by atomic mass is 16.5. The van der Waals surface area contributed by atoms with E-state index < -0.39 is 18.0 Å². The molecule has 82 valence electrons. The molecular formula is C9H17NO4. The summed E-state index contributed by atoms with van der Waals surface area (Å²) in [6, 6.07) is -0.537. The van der Waals surface area contributed by atoms with Gasteiger partial charge in [-0.25, -0.2) is 0 Å². The van der Waals surface area contributed by atoms with Gasteiger partial charge in [0, 0.05) is 6.42 Å². The van der Waals surface area contributed by atoms with Crippen molar-refractivity contribution in [1.29, 1.82) is 0 Å². The number of ether oxygens (including phenoxy) is 1. The van der Waals surface area contributed by atoms with E-state index in [2.05, 4.69) is 11.3 Å². The van der Waals surface area contributed by atoms with Gasteiger partial charge >= 0.3 is 11.9 Å². The molecule has 0 aliphatic carbocycles. The number of hydrogen-bond acceptors (Lipinski definition) is 4. The van der Waals surface area contributed by atoms with Crippen LogP contribution in [-0.4, -0.2) is 29.7 Å². The van der Waals surface area contributed by atoms with Crippen molar-refractivity contribution in [1.82, 2.24) is 0 Å². The molecule has 14 heavy (non-hydrogen) atoms. The lowest BCUT2D eigenvalue weighted by molar-refractivity contribution is -0.143. The first kappa shape index (κ1) is 15.1. The molecule has 5 heteroatoms. The molecule has 0 saturated heterocycles. The Morgan fingerprint density at radius 1 is 1.64 bits per heavy atom. The van der Waals surface area contributed by atoms with Gasteiger partial charge in [-0.15, -0.1) is 0 Å². The molecule has 0 heterocycles. The van der Waals surface area contributed by atoms with Gasteiger partial charge < -0.3 is 15.6 Å². The number of esters is 1. The zero-order valence-corrected chi connectivity index (χ0v) is 8.53. The molecule has 0 saturated carbocycles. The van der Waals surface area contributed by atoms with Gasteiger partial charge in [0.25, 0.3) is 0 Å². The lowest BCUT2D eigenvalue weighted by atomic mass is 10.4. The van der Waals surface area contributed by atoms with Gasteiger partial charge in [0.2, 0.25) is 0 Å². The van der Waals surface area contributed by atoms with Gasteiger partial charge in [0.15, 0.2) is 0 Å². The average molecular weight is 203 g/mol. The van der Waals surface area contributed by atoms with E-state index in [0.29, 0.717) is 0 Å². The summed E-state index contributed by atoms with van der Waals surface area (Å²) in [5.74, 6) is -1.14. The predicted octanol–water partition coefficient (Wildman–Crippen LogP) is 0.544. The molecule has 0 rings (SSSR count). The smallest absolute Gasteiger partial charge is 0.322 e. The summed E-state index contributed by atoms with van der Waals surface area (Å²) in [5, 5.41) is 7.72. The Labute approximate surface area is 83.5 Å². The standard InChI is InChI=1S/C6H11NO2.C3H6O2/c1-3-4-9-6(8)5(2)7;1-2-3(4)5/h3,5H,1,4,7H2,2H3;2H2,1H3,(H,4,5). The van der Waals surface area contributed by atoms with Crippen molar-refractivity contribution in [3.63, 3.8) is 0 Å². The highest BCUT2D eigenvalue weighted by molar-refractivity contribution is 5.74. The van der Waals surface area contributed by atoms with Gasteiger partial charge in [-0.3, -0.25) is 9.59 Å². The minimum absolute atomic E-state index is 0.222. The van der Waals surface area contributed by atoms with Crippen LogP contribution in [-0.2, 0) is 14.3 Å². The van der Waals surface area contributed by atoms with E-state index in [1.165, 1.54) is 6.08 Å². The number of carbonyl (C=O) groups is 2. The van der Waals surface area contributed by atoms with Crippen LogP contribution in [0.5, 0.6) is 0 Å². The van der Waals surface area contributed by atoms with E-state index in [-0.39, 0.29) is 13.0 Å². The lowest BCUT2D eigenvalue weighted by Crippen LogP contribution is -2.28. The minimum Gasteiger partial charge on any atom is -0.481 e. The zero-order chi connectivity index (χ0) is 11.6. The van der Waals surface area contributed by atoms with Crippen molar-refractivity contribution in [2.24, 2.45) is 5.73 Å². The summed E-state index contributed by atoms with van der Waals surface area (Å²) in [6.07, 6.45) is 1.72. The van der Waals surface area contributed by atoms with Crippen molar-refractivity contribution < 1.29 is 19.4 Å². The van der Waals surface area contributed by atoms with Crippen molar-refractivity contribution >= 4 is 11.9 Å². The number of aliphatic carboxylic acids is 1. The largest absolute Gasteiger partial charge is 0.481 e. The molecule has 5 nitrogen and oxygen atoms in total. The zero-order valence-electron chi connectivity index (χ0n) is 8.53. The Balaban J connectivity index is 0. The van der Waals surface area contributed by atoms with E-state index in [1.54, 1.807) is 13.8 Å². The van der Waals surface area contributed by atoms with Crippen LogP contribution in [0, 0.1) is 0 Å². The molecule has 0 aliphatic heterocycles. The number of rotatable bonds is 4. The normalized spacial score (nSPS) is 10.5. The molecule has 0 aromatic heterocycles. The van der Waals surface area contributed by atoms with Crippen molar-refractivity contribution in [2.45, 2.75) is 26.3 Å². The summed E-state index contributed by atoms with van der Waals surface area (Å²) in [6.45, 7) is 6.78. The maximum absolute atomic E-state index is 10.5. The van der Waals surface area contributed by atoms with Crippen molar-refractivity contribution in [3.8, 4) is 0 Å². The Hall–Kier alpha value is -1.36. The summed E-state index contributed by atoms with van der Waals surface area (Å²) in [5.41, 5.74) is 5.17. The first-order valence-corrected chi connectivity index (χ1v) is 4.20. The topological polar surface area (TPSA) is 89.6 Å². The molecule has 0 fully saturated rings.